The molecule has 0 aliphatic rings. The fraction of sp³-hybridized carbons (Fsp3) is 0.188. The summed E-state index contributed by atoms with van der Waals surface area (Å²) in [5.41, 5.74) is 0.546. The molecule has 2 aromatic rings. The number of hydrogen-bond acceptors (Lipinski definition) is 4. The number of ether oxygens (including phenoxy) is 1. The van der Waals surface area contributed by atoms with Crippen LogP contribution in [0.15, 0.2) is 52.5 Å². The van der Waals surface area contributed by atoms with E-state index in [1.54, 1.807) is 30.3 Å². The molecule has 0 aromatic heterocycles. The average Bonchev–Trinajstić information content (AvgIpc) is 2.55. The summed E-state index contributed by atoms with van der Waals surface area (Å²) in [5.74, 6) is 0.405. The topological polar surface area (TPSA) is 67.8 Å². The van der Waals surface area contributed by atoms with E-state index < -0.39 is 10.0 Å². The van der Waals surface area contributed by atoms with Crippen molar-refractivity contribution in [1.82, 2.24) is 4.83 Å². The molecule has 0 unspecified atom stereocenters. The third-order valence-electron chi connectivity index (χ3n) is 2.91. The zero-order valence-corrected chi connectivity index (χ0v) is 15.2. The van der Waals surface area contributed by atoms with E-state index in [-0.39, 0.29) is 4.90 Å². The molecule has 1 N–H and O–H groups in total. The third kappa shape index (κ3) is 4.87. The van der Waals surface area contributed by atoms with E-state index in [1.165, 1.54) is 18.3 Å². The molecule has 5 nitrogen and oxygen atoms in total. The van der Waals surface area contributed by atoms with E-state index in [2.05, 4.69) is 9.93 Å². The van der Waals surface area contributed by atoms with Gasteiger partial charge in [-0.05, 0) is 36.2 Å². The van der Waals surface area contributed by atoms with Crippen LogP contribution in [0.1, 0.15) is 18.9 Å². The molecule has 2 rings (SSSR count). The molecule has 0 heterocycles. The molecule has 0 saturated heterocycles. The number of nitrogens with one attached hydrogen (secondary N) is 1. The summed E-state index contributed by atoms with van der Waals surface area (Å²) in [6.45, 7) is 2.48. The first-order chi connectivity index (χ1) is 11.4. The van der Waals surface area contributed by atoms with E-state index in [9.17, 15) is 8.42 Å². The van der Waals surface area contributed by atoms with Crippen molar-refractivity contribution in [2.75, 3.05) is 6.61 Å². The molecule has 0 aliphatic heterocycles. The van der Waals surface area contributed by atoms with E-state index in [0.29, 0.717) is 28.0 Å². The van der Waals surface area contributed by atoms with Gasteiger partial charge in [0.15, 0.2) is 5.75 Å². The van der Waals surface area contributed by atoms with Gasteiger partial charge in [-0.1, -0.05) is 48.3 Å². The number of benzene rings is 2. The minimum absolute atomic E-state index is 0.126. The Morgan fingerprint density at radius 1 is 1.17 bits per heavy atom. The Morgan fingerprint density at radius 3 is 2.38 bits per heavy atom. The van der Waals surface area contributed by atoms with Crippen LogP contribution in [0.4, 0.5) is 0 Å². The third-order valence-corrected chi connectivity index (χ3v) is 4.71. The fourth-order valence-corrected chi connectivity index (χ4v) is 3.24. The van der Waals surface area contributed by atoms with Gasteiger partial charge in [-0.2, -0.15) is 13.5 Å². The average molecular weight is 387 g/mol. The van der Waals surface area contributed by atoms with E-state index in [1.807, 2.05) is 6.92 Å². The molecular weight excluding hydrogens is 371 g/mol. The van der Waals surface area contributed by atoms with E-state index in [0.717, 1.165) is 6.42 Å². The van der Waals surface area contributed by atoms with Crippen LogP contribution in [0.5, 0.6) is 5.75 Å². The maximum atomic E-state index is 12.0. The van der Waals surface area contributed by atoms with Gasteiger partial charge >= 0.3 is 0 Å². The molecule has 0 amide bonds. The van der Waals surface area contributed by atoms with Crippen LogP contribution in [0.25, 0.3) is 0 Å². The lowest BCUT2D eigenvalue weighted by molar-refractivity contribution is 0.318. The van der Waals surface area contributed by atoms with Crippen LogP contribution in [-0.4, -0.2) is 21.2 Å². The number of hydrogen-bond donors (Lipinski definition) is 1. The quantitative estimate of drug-likeness (QED) is 0.575. The van der Waals surface area contributed by atoms with E-state index >= 15 is 0 Å². The van der Waals surface area contributed by atoms with Crippen molar-refractivity contribution in [3.63, 3.8) is 0 Å². The number of sulfonamides is 1. The van der Waals surface area contributed by atoms with Gasteiger partial charge in [-0.25, -0.2) is 4.83 Å². The highest BCUT2D eigenvalue weighted by Gasteiger charge is 2.12. The number of rotatable bonds is 7. The van der Waals surface area contributed by atoms with Gasteiger partial charge < -0.3 is 4.74 Å². The monoisotopic (exact) mass is 386 g/mol. The Morgan fingerprint density at radius 2 is 1.79 bits per heavy atom. The molecule has 0 spiro atoms. The maximum Gasteiger partial charge on any atom is 0.276 e. The second kappa shape index (κ2) is 8.37. The Kier molecular flexibility index (Phi) is 6.48. The summed E-state index contributed by atoms with van der Waals surface area (Å²) < 4.78 is 29.5. The molecule has 0 saturated carbocycles. The van der Waals surface area contributed by atoms with Gasteiger partial charge in [0.2, 0.25) is 0 Å². The number of nitrogens with zero attached hydrogens (tertiary/aromatic N) is 1. The minimum Gasteiger partial charge on any atom is -0.490 e. The Bertz CT molecular complexity index is 801. The largest absolute Gasteiger partial charge is 0.490 e. The summed E-state index contributed by atoms with van der Waals surface area (Å²) >= 11 is 12.3. The number of halogens is 2. The van der Waals surface area contributed by atoms with Gasteiger partial charge in [0.25, 0.3) is 10.0 Å². The first kappa shape index (κ1) is 18.6. The molecule has 0 aliphatic carbocycles. The number of hydrazone groups is 1. The molecule has 128 valence electrons. The van der Waals surface area contributed by atoms with Crippen LogP contribution in [0.3, 0.4) is 0 Å². The summed E-state index contributed by atoms with van der Waals surface area (Å²) in [4.78, 5) is 2.26. The summed E-state index contributed by atoms with van der Waals surface area (Å²) in [5, 5.41) is 4.42. The molecule has 0 radical (unpaired) electrons. The molecular formula is C16H16Cl2N2O3S. The van der Waals surface area contributed by atoms with Gasteiger partial charge in [0.05, 0.1) is 27.8 Å². The first-order valence-electron chi connectivity index (χ1n) is 7.16. The van der Waals surface area contributed by atoms with Crippen molar-refractivity contribution in [1.29, 1.82) is 0 Å². The maximum absolute atomic E-state index is 12.0. The standard InChI is InChI=1S/C16H16Cl2N2O3S/c1-2-8-23-16-14(17)9-12(10-15(16)18)11-19-20-24(21,22)13-6-4-3-5-7-13/h3-7,9-11,20H,2,8H2,1H3/b19-11+. The normalized spacial score (nSPS) is 11.6. The van der Waals surface area contributed by atoms with Crippen molar-refractivity contribution in [3.05, 3.63) is 58.1 Å². The lowest BCUT2D eigenvalue weighted by Gasteiger charge is -2.09. The highest BCUT2D eigenvalue weighted by molar-refractivity contribution is 7.89. The van der Waals surface area contributed by atoms with Gasteiger partial charge in [0.1, 0.15) is 0 Å². The first-order valence-corrected chi connectivity index (χ1v) is 9.39. The van der Waals surface area contributed by atoms with Crippen LogP contribution < -0.4 is 9.57 Å². The molecule has 24 heavy (non-hydrogen) atoms. The fourth-order valence-electron chi connectivity index (χ4n) is 1.82. The summed E-state index contributed by atoms with van der Waals surface area (Å²) in [7, 11) is -3.71. The van der Waals surface area contributed by atoms with Crippen LogP contribution in [0.2, 0.25) is 10.0 Å². The van der Waals surface area contributed by atoms with Gasteiger partial charge in [-0.15, -0.1) is 0 Å². The highest BCUT2D eigenvalue weighted by Crippen LogP contribution is 2.33. The van der Waals surface area contributed by atoms with E-state index in [4.69, 9.17) is 27.9 Å². The van der Waals surface area contributed by atoms with Crippen molar-refractivity contribution < 1.29 is 13.2 Å². The zero-order valence-electron chi connectivity index (χ0n) is 12.9. The second-order valence-electron chi connectivity index (χ2n) is 4.83. The molecule has 0 fully saturated rings. The highest BCUT2D eigenvalue weighted by atomic mass is 35.5. The lowest BCUT2D eigenvalue weighted by Crippen LogP contribution is -2.18. The second-order valence-corrected chi connectivity index (χ2v) is 7.30. The summed E-state index contributed by atoms with van der Waals surface area (Å²) in [6, 6.07) is 11.1. The minimum atomic E-state index is -3.71. The van der Waals surface area contributed by atoms with Crippen LogP contribution in [-0.2, 0) is 10.0 Å². The SMILES string of the molecule is CCCOc1c(Cl)cc(/C=N/NS(=O)(=O)c2ccccc2)cc1Cl. The molecule has 0 atom stereocenters. The van der Waals surface area contributed by atoms with Gasteiger partial charge in [0, 0.05) is 0 Å². The van der Waals surface area contributed by atoms with Crippen molar-refractivity contribution >= 4 is 39.4 Å². The Labute approximate surface area is 151 Å². The molecule has 2 aromatic carbocycles. The lowest BCUT2D eigenvalue weighted by atomic mass is 10.2. The van der Waals surface area contributed by atoms with Crippen molar-refractivity contribution in [2.45, 2.75) is 18.2 Å². The van der Waals surface area contributed by atoms with Crippen LogP contribution >= 0.6 is 23.2 Å². The van der Waals surface area contributed by atoms with Crippen molar-refractivity contribution in [2.24, 2.45) is 5.10 Å². The summed E-state index contributed by atoms with van der Waals surface area (Å²) in [6.07, 6.45) is 2.15. The van der Waals surface area contributed by atoms with Crippen molar-refractivity contribution in [3.8, 4) is 5.75 Å². The molecule has 8 heteroatoms. The smallest absolute Gasteiger partial charge is 0.276 e. The molecule has 0 bridgehead atoms. The Hall–Kier alpha value is -1.76. The van der Waals surface area contributed by atoms with Gasteiger partial charge in [-0.3, -0.25) is 0 Å². The Balaban J connectivity index is 2.12. The van der Waals surface area contributed by atoms with Crippen LogP contribution in [0, 0.1) is 0 Å². The predicted octanol–water partition coefficient (Wildman–Crippen LogP) is 4.09. The zero-order chi connectivity index (χ0) is 17.6. The predicted molar refractivity (Wildman–Crippen MR) is 96.6 cm³/mol.